The molecule has 19 heavy (non-hydrogen) atoms. The van der Waals surface area contributed by atoms with Crippen molar-refractivity contribution < 1.29 is 9.53 Å². The van der Waals surface area contributed by atoms with Crippen molar-refractivity contribution in [2.45, 2.75) is 19.1 Å². The van der Waals surface area contributed by atoms with E-state index in [-0.39, 0.29) is 6.61 Å². The highest BCUT2D eigenvalue weighted by Gasteiger charge is 2.16. The highest BCUT2D eigenvalue weighted by molar-refractivity contribution is 9.10. The van der Waals surface area contributed by atoms with Crippen LogP contribution >= 0.6 is 15.9 Å². The minimum Gasteiger partial charge on any atom is -0.460 e. The molecule has 0 saturated carbocycles. The summed E-state index contributed by atoms with van der Waals surface area (Å²) in [7, 11) is 0. The van der Waals surface area contributed by atoms with Crippen molar-refractivity contribution >= 4 is 21.9 Å². The summed E-state index contributed by atoms with van der Waals surface area (Å²) < 4.78 is 6.12. The summed E-state index contributed by atoms with van der Waals surface area (Å²) in [6.45, 7) is 0.217. The van der Waals surface area contributed by atoms with Gasteiger partial charge in [0.05, 0.1) is 6.33 Å². The predicted octanol–water partition coefficient (Wildman–Crippen LogP) is 1.79. The van der Waals surface area contributed by atoms with Crippen LogP contribution in [-0.2, 0) is 22.6 Å². The zero-order valence-electron chi connectivity index (χ0n) is 10.2. The lowest BCUT2D eigenvalue weighted by atomic mass is 10.2. The van der Waals surface area contributed by atoms with Gasteiger partial charge in [0.1, 0.15) is 12.6 Å². The van der Waals surface area contributed by atoms with Crippen LogP contribution in [0.4, 0.5) is 0 Å². The van der Waals surface area contributed by atoms with E-state index in [1.807, 2.05) is 24.3 Å². The minimum absolute atomic E-state index is 0.217. The van der Waals surface area contributed by atoms with Crippen LogP contribution in [-0.4, -0.2) is 22.0 Å². The Bertz CT molecular complexity index is 543. The number of nitrogens with two attached hydrogens (primary N) is 1. The molecule has 0 aliphatic carbocycles. The Hall–Kier alpha value is -1.66. The number of hydrogen-bond donors (Lipinski definition) is 2. The summed E-state index contributed by atoms with van der Waals surface area (Å²) in [4.78, 5) is 18.5. The first-order chi connectivity index (χ1) is 9.15. The number of nitrogens with one attached hydrogen (secondary N) is 1. The molecule has 5 nitrogen and oxygen atoms in total. The van der Waals surface area contributed by atoms with Crippen molar-refractivity contribution in [1.82, 2.24) is 9.97 Å². The quantitative estimate of drug-likeness (QED) is 0.822. The molecule has 100 valence electrons. The second-order valence-electron chi connectivity index (χ2n) is 4.13. The Labute approximate surface area is 119 Å². The topological polar surface area (TPSA) is 81.0 Å². The fourth-order valence-corrected chi connectivity index (χ4v) is 2.05. The molecule has 6 heteroatoms. The summed E-state index contributed by atoms with van der Waals surface area (Å²) in [6.07, 6.45) is 3.58. The van der Waals surface area contributed by atoms with Crippen LogP contribution in [0, 0.1) is 0 Å². The molecule has 0 bridgehead atoms. The molecule has 3 N–H and O–H groups in total. The van der Waals surface area contributed by atoms with Gasteiger partial charge in [-0.1, -0.05) is 28.1 Å². The number of nitrogens with zero attached hydrogens (tertiary/aromatic N) is 1. The van der Waals surface area contributed by atoms with E-state index in [4.69, 9.17) is 10.5 Å². The van der Waals surface area contributed by atoms with Crippen LogP contribution in [0.2, 0.25) is 0 Å². The van der Waals surface area contributed by atoms with E-state index in [9.17, 15) is 4.79 Å². The third-order valence-electron chi connectivity index (χ3n) is 2.57. The molecule has 0 amide bonds. The Morgan fingerprint density at radius 2 is 2.37 bits per heavy atom. The molecule has 0 radical (unpaired) electrons. The van der Waals surface area contributed by atoms with Gasteiger partial charge in [0.15, 0.2) is 0 Å². The zero-order valence-corrected chi connectivity index (χ0v) is 11.8. The Morgan fingerprint density at radius 3 is 3.05 bits per heavy atom. The zero-order chi connectivity index (χ0) is 13.7. The fraction of sp³-hybridized carbons (Fsp3) is 0.231. The molecule has 1 aromatic carbocycles. The van der Waals surface area contributed by atoms with Crippen LogP contribution in [0.3, 0.4) is 0 Å². The van der Waals surface area contributed by atoms with Crippen molar-refractivity contribution in [3.8, 4) is 0 Å². The first kappa shape index (κ1) is 13.8. The van der Waals surface area contributed by atoms with E-state index in [2.05, 4.69) is 25.9 Å². The van der Waals surface area contributed by atoms with Crippen LogP contribution in [0.1, 0.15) is 11.3 Å². The number of hydrogen-bond acceptors (Lipinski definition) is 4. The normalized spacial score (nSPS) is 12.1. The minimum atomic E-state index is -0.687. The van der Waals surface area contributed by atoms with Gasteiger partial charge in [-0.05, 0) is 17.7 Å². The summed E-state index contributed by atoms with van der Waals surface area (Å²) in [5.74, 6) is -0.422. The molecule has 0 fully saturated rings. The molecular weight excluding hydrogens is 310 g/mol. The van der Waals surface area contributed by atoms with E-state index in [0.29, 0.717) is 6.42 Å². The molecule has 2 rings (SSSR count). The van der Waals surface area contributed by atoms with E-state index in [0.717, 1.165) is 15.7 Å². The number of esters is 1. The average Bonchev–Trinajstić information content (AvgIpc) is 2.89. The van der Waals surface area contributed by atoms with E-state index in [1.54, 1.807) is 12.5 Å². The van der Waals surface area contributed by atoms with Gasteiger partial charge in [-0.25, -0.2) is 4.98 Å². The van der Waals surface area contributed by atoms with Gasteiger partial charge in [0.2, 0.25) is 0 Å². The lowest BCUT2D eigenvalue weighted by molar-refractivity contribution is -0.146. The molecule has 1 aromatic heterocycles. The number of H-pyrrole nitrogens is 1. The highest BCUT2D eigenvalue weighted by Crippen LogP contribution is 2.12. The second kappa shape index (κ2) is 6.49. The van der Waals surface area contributed by atoms with Gasteiger partial charge >= 0.3 is 5.97 Å². The molecular formula is C13H14BrN3O2. The first-order valence-corrected chi connectivity index (χ1v) is 6.58. The molecule has 1 atom stereocenters. The standard InChI is InChI=1S/C13H14BrN3O2/c14-10-3-1-2-9(4-10)7-19-13(18)12(15)5-11-6-16-8-17-11/h1-4,6,8,12H,5,7,15H2,(H,16,17). The van der Waals surface area contributed by atoms with Gasteiger partial charge in [-0.3, -0.25) is 4.79 Å². The fourth-order valence-electron chi connectivity index (χ4n) is 1.60. The Balaban J connectivity index is 1.84. The van der Waals surface area contributed by atoms with Crippen LogP contribution in [0.25, 0.3) is 0 Å². The summed E-state index contributed by atoms with van der Waals surface area (Å²) in [6, 6.07) is 6.90. The lowest BCUT2D eigenvalue weighted by Gasteiger charge is -2.10. The largest absolute Gasteiger partial charge is 0.460 e. The first-order valence-electron chi connectivity index (χ1n) is 5.79. The molecule has 0 aliphatic rings. The van der Waals surface area contributed by atoms with Crippen molar-refractivity contribution in [2.24, 2.45) is 5.73 Å². The number of ether oxygens (including phenoxy) is 1. The Kier molecular flexibility index (Phi) is 4.70. The van der Waals surface area contributed by atoms with Gasteiger partial charge in [0, 0.05) is 22.8 Å². The van der Waals surface area contributed by atoms with Crippen LogP contribution in [0.15, 0.2) is 41.3 Å². The average molecular weight is 324 g/mol. The maximum Gasteiger partial charge on any atom is 0.323 e. The van der Waals surface area contributed by atoms with Gasteiger partial charge in [-0.15, -0.1) is 0 Å². The smallest absolute Gasteiger partial charge is 0.323 e. The third kappa shape index (κ3) is 4.18. The number of imidazole rings is 1. The van der Waals surface area contributed by atoms with E-state index in [1.165, 1.54) is 0 Å². The third-order valence-corrected chi connectivity index (χ3v) is 3.06. The summed E-state index contributed by atoms with van der Waals surface area (Å²) in [5, 5.41) is 0. The van der Waals surface area contributed by atoms with Crippen molar-refractivity contribution in [3.63, 3.8) is 0 Å². The molecule has 0 aliphatic heterocycles. The number of carbonyl (C=O) groups excluding carboxylic acids is 1. The van der Waals surface area contributed by atoms with E-state index >= 15 is 0 Å². The van der Waals surface area contributed by atoms with Crippen LogP contribution < -0.4 is 5.73 Å². The maximum absolute atomic E-state index is 11.7. The van der Waals surface area contributed by atoms with Gasteiger partial charge in [0.25, 0.3) is 0 Å². The van der Waals surface area contributed by atoms with Gasteiger partial charge in [-0.2, -0.15) is 0 Å². The van der Waals surface area contributed by atoms with Gasteiger partial charge < -0.3 is 15.5 Å². The number of aromatic nitrogens is 2. The molecule has 0 saturated heterocycles. The number of rotatable bonds is 5. The molecule has 1 unspecified atom stereocenters. The van der Waals surface area contributed by atoms with Crippen molar-refractivity contribution in [1.29, 1.82) is 0 Å². The highest BCUT2D eigenvalue weighted by atomic mass is 79.9. The summed E-state index contributed by atoms with van der Waals surface area (Å²) >= 11 is 3.36. The monoisotopic (exact) mass is 323 g/mol. The van der Waals surface area contributed by atoms with E-state index < -0.39 is 12.0 Å². The second-order valence-corrected chi connectivity index (χ2v) is 5.04. The number of halogens is 1. The van der Waals surface area contributed by atoms with Crippen molar-refractivity contribution in [2.75, 3.05) is 0 Å². The molecule has 1 heterocycles. The number of carbonyl (C=O) groups is 1. The number of aromatic amines is 1. The maximum atomic E-state index is 11.7. The number of benzene rings is 1. The van der Waals surface area contributed by atoms with Crippen LogP contribution in [0.5, 0.6) is 0 Å². The lowest BCUT2D eigenvalue weighted by Crippen LogP contribution is -2.34. The Morgan fingerprint density at radius 1 is 1.53 bits per heavy atom. The van der Waals surface area contributed by atoms with Crippen molar-refractivity contribution in [3.05, 3.63) is 52.5 Å². The SMILES string of the molecule is NC(Cc1cnc[nH]1)C(=O)OCc1cccc(Br)c1. The molecule has 0 spiro atoms. The molecule has 2 aromatic rings. The summed E-state index contributed by atoms with van der Waals surface area (Å²) in [5.41, 5.74) is 7.50. The predicted molar refractivity (Wildman–Crippen MR) is 74.2 cm³/mol.